The van der Waals surface area contributed by atoms with Crippen LogP contribution in [0.15, 0.2) is 48.0 Å². The number of hydrogen-bond acceptors (Lipinski definition) is 2. The predicted octanol–water partition coefficient (Wildman–Crippen LogP) is 4.76. The Balaban J connectivity index is 2.54. The largest absolute Gasteiger partial charge is 0.380 e. The molecule has 2 unspecified atom stereocenters. The van der Waals surface area contributed by atoms with Gasteiger partial charge in [-0.3, -0.25) is 0 Å². The summed E-state index contributed by atoms with van der Waals surface area (Å²) in [6.45, 7) is 6.17. The number of aryl methyl sites for hydroxylation is 1. The molecular weight excluding hydrogens is 332 g/mol. The second-order valence-corrected chi connectivity index (χ2v) is 7.27. The lowest BCUT2D eigenvalue weighted by Crippen LogP contribution is -2.40. The van der Waals surface area contributed by atoms with Crippen molar-refractivity contribution in [2.45, 2.75) is 26.4 Å². The number of nitrogens with zero attached hydrogens (tertiary/aromatic N) is 1. The molecule has 0 saturated heterocycles. The molecule has 2 aromatic carbocycles. The number of hydrogen-bond donors (Lipinski definition) is 1. The summed E-state index contributed by atoms with van der Waals surface area (Å²) in [7, 11) is 3.90. The molecule has 2 atom stereocenters. The molecular formula is C22H27F2NO. The van der Waals surface area contributed by atoms with E-state index in [1.165, 1.54) is 18.2 Å². The van der Waals surface area contributed by atoms with E-state index in [0.29, 0.717) is 17.7 Å². The first-order valence-electron chi connectivity index (χ1n) is 8.72. The molecule has 0 amide bonds. The third-order valence-electron chi connectivity index (χ3n) is 4.80. The van der Waals surface area contributed by atoms with Crippen LogP contribution >= 0.6 is 0 Å². The van der Waals surface area contributed by atoms with Crippen molar-refractivity contribution in [3.8, 4) is 0 Å². The van der Waals surface area contributed by atoms with Crippen molar-refractivity contribution in [2.75, 3.05) is 20.6 Å². The van der Waals surface area contributed by atoms with Crippen molar-refractivity contribution in [1.82, 2.24) is 4.90 Å². The maximum absolute atomic E-state index is 13.7. The zero-order valence-corrected chi connectivity index (χ0v) is 16.1. The van der Waals surface area contributed by atoms with E-state index >= 15 is 0 Å². The second-order valence-electron chi connectivity index (χ2n) is 7.27. The molecule has 1 N–H and O–H groups in total. The topological polar surface area (TPSA) is 23.5 Å². The average Bonchev–Trinajstić information content (AvgIpc) is 2.57. The maximum atomic E-state index is 13.7. The zero-order valence-electron chi connectivity index (χ0n) is 16.1. The Kier molecular flexibility index (Phi) is 6.32. The van der Waals surface area contributed by atoms with E-state index in [1.807, 2.05) is 38.9 Å². The third kappa shape index (κ3) is 4.37. The van der Waals surface area contributed by atoms with Gasteiger partial charge in [-0.15, -0.1) is 0 Å². The minimum atomic E-state index is -1.27. The Hall–Kier alpha value is -2.04. The Morgan fingerprint density at radius 3 is 2.31 bits per heavy atom. The van der Waals surface area contributed by atoms with Gasteiger partial charge < -0.3 is 10.0 Å². The van der Waals surface area contributed by atoms with E-state index < -0.39 is 5.60 Å². The predicted molar refractivity (Wildman–Crippen MR) is 103 cm³/mol. The molecule has 2 nitrogen and oxygen atoms in total. The van der Waals surface area contributed by atoms with Crippen LogP contribution in [0, 0.1) is 24.5 Å². The molecule has 2 rings (SSSR count). The highest BCUT2D eigenvalue weighted by atomic mass is 19.1. The van der Waals surface area contributed by atoms with Crippen LogP contribution in [-0.2, 0) is 5.60 Å². The summed E-state index contributed by atoms with van der Waals surface area (Å²) in [6.07, 6.45) is 1.85. The van der Waals surface area contributed by atoms with Crippen molar-refractivity contribution in [1.29, 1.82) is 0 Å². The van der Waals surface area contributed by atoms with Gasteiger partial charge in [0.2, 0.25) is 0 Å². The smallest absolute Gasteiger partial charge is 0.126 e. The minimum absolute atomic E-state index is 0.140. The van der Waals surface area contributed by atoms with Crippen LogP contribution in [0.5, 0.6) is 0 Å². The van der Waals surface area contributed by atoms with E-state index in [-0.39, 0.29) is 17.6 Å². The van der Waals surface area contributed by atoms with Gasteiger partial charge >= 0.3 is 0 Å². The van der Waals surface area contributed by atoms with Crippen molar-refractivity contribution in [3.05, 3.63) is 76.4 Å². The number of halogens is 2. The van der Waals surface area contributed by atoms with Gasteiger partial charge in [0.05, 0.1) is 0 Å². The monoisotopic (exact) mass is 359 g/mol. The quantitative estimate of drug-likeness (QED) is 0.804. The van der Waals surface area contributed by atoms with Crippen LogP contribution in [0.3, 0.4) is 0 Å². The maximum Gasteiger partial charge on any atom is 0.126 e. The summed E-state index contributed by atoms with van der Waals surface area (Å²) in [5.41, 5.74) is 1.41. The molecule has 140 valence electrons. The molecule has 0 radical (unpaired) electrons. The van der Waals surface area contributed by atoms with Crippen LogP contribution in [0.4, 0.5) is 8.78 Å². The van der Waals surface area contributed by atoms with Gasteiger partial charge in [0.1, 0.15) is 17.2 Å². The summed E-state index contributed by atoms with van der Waals surface area (Å²) >= 11 is 0. The number of aliphatic hydroxyl groups is 1. The van der Waals surface area contributed by atoms with Gasteiger partial charge in [-0.25, -0.2) is 8.78 Å². The first kappa shape index (κ1) is 20.3. The molecule has 0 fully saturated rings. The number of benzene rings is 2. The molecule has 0 bridgehead atoms. The third-order valence-corrected chi connectivity index (χ3v) is 4.80. The van der Waals surface area contributed by atoms with Crippen molar-refractivity contribution < 1.29 is 13.9 Å². The highest BCUT2D eigenvalue weighted by Gasteiger charge is 2.38. The fourth-order valence-electron chi connectivity index (χ4n) is 3.38. The van der Waals surface area contributed by atoms with Gasteiger partial charge in [0, 0.05) is 12.5 Å². The molecule has 0 heterocycles. The molecule has 0 aliphatic carbocycles. The normalized spacial score (nSPS) is 15.8. The van der Waals surface area contributed by atoms with Crippen LogP contribution in [0.25, 0.3) is 6.08 Å². The lowest BCUT2D eigenvalue weighted by molar-refractivity contribution is 0.0104. The molecule has 2 aromatic rings. The van der Waals surface area contributed by atoms with E-state index in [1.54, 1.807) is 31.2 Å². The SMILES string of the molecule is CC(=Cc1ccc(F)cc1)C(O)(c1ccc(F)c(C)c1)C(C)CN(C)C. The molecule has 0 saturated carbocycles. The fourth-order valence-corrected chi connectivity index (χ4v) is 3.38. The average molecular weight is 359 g/mol. The van der Waals surface area contributed by atoms with Gasteiger partial charge in [0.15, 0.2) is 0 Å². The first-order valence-corrected chi connectivity index (χ1v) is 8.72. The molecule has 26 heavy (non-hydrogen) atoms. The Morgan fingerprint density at radius 2 is 1.77 bits per heavy atom. The van der Waals surface area contributed by atoms with Gasteiger partial charge in [-0.2, -0.15) is 0 Å². The minimum Gasteiger partial charge on any atom is -0.380 e. The van der Waals surface area contributed by atoms with E-state index in [9.17, 15) is 13.9 Å². The molecule has 0 aromatic heterocycles. The van der Waals surface area contributed by atoms with Crippen molar-refractivity contribution in [3.63, 3.8) is 0 Å². The summed E-state index contributed by atoms with van der Waals surface area (Å²) in [5.74, 6) is -0.735. The standard InChI is InChI=1S/C22H27F2NO/c1-15-12-19(8-11-21(15)24)22(26,17(3)14-25(4)5)16(2)13-18-6-9-20(23)10-7-18/h6-13,17,26H,14H2,1-5H3. The summed E-state index contributed by atoms with van der Waals surface area (Å²) < 4.78 is 26.9. The summed E-state index contributed by atoms with van der Waals surface area (Å²) in [6, 6.07) is 10.9. The lowest BCUT2D eigenvalue weighted by atomic mass is 9.76. The van der Waals surface area contributed by atoms with Crippen LogP contribution in [-0.4, -0.2) is 30.6 Å². The molecule has 4 heteroatoms. The van der Waals surface area contributed by atoms with Crippen molar-refractivity contribution in [2.24, 2.45) is 5.92 Å². The van der Waals surface area contributed by atoms with Gasteiger partial charge in [-0.05, 0) is 74.5 Å². The highest BCUT2D eigenvalue weighted by Crippen LogP contribution is 2.38. The van der Waals surface area contributed by atoms with E-state index in [0.717, 1.165) is 11.1 Å². The highest BCUT2D eigenvalue weighted by molar-refractivity contribution is 5.56. The Bertz CT molecular complexity index is 783. The van der Waals surface area contributed by atoms with E-state index in [2.05, 4.69) is 0 Å². The number of rotatable bonds is 6. The summed E-state index contributed by atoms with van der Waals surface area (Å²) in [4.78, 5) is 2.01. The zero-order chi connectivity index (χ0) is 19.5. The van der Waals surface area contributed by atoms with Crippen molar-refractivity contribution >= 4 is 6.08 Å². The Morgan fingerprint density at radius 1 is 1.15 bits per heavy atom. The fraction of sp³-hybridized carbons (Fsp3) is 0.364. The first-order chi connectivity index (χ1) is 12.1. The summed E-state index contributed by atoms with van der Waals surface area (Å²) in [5, 5.41) is 11.7. The molecule has 0 spiro atoms. The van der Waals surface area contributed by atoms with Crippen LogP contribution < -0.4 is 0 Å². The molecule has 0 aliphatic heterocycles. The van der Waals surface area contributed by atoms with Gasteiger partial charge in [0.25, 0.3) is 0 Å². The van der Waals surface area contributed by atoms with Gasteiger partial charge in [-0.1, -0.05) is 31.2 Å². The Labute approximate surface area is 154 Å². The molecule has 0 aliphatic rings. The lowest BCUT2D eigenvalue weighted by Gasteiger charge is -2.37. The van der Waals surface area contributed by atoms with E-state index in [4.69, 9.17) is 0 Å². The van der Waals surface area contributed by atoms with Crippen LogP contribution in [0.1, 0.15) is 30.5 Å². The second kappa shape index (κ2) is 8.11. The van der Waals surface area contributed by atoms with Crippen LogP contribution in [0.2, 0.25) is 0 Å².